The number of nitrogens with zero attached hydrogens (tertiary/aromatic N) is 3. The van der Waals surface area contributed by atoms with E-state index in [0.717, 1.165) is 18.4 Å². The van der Waals surface area contributed by atoms with Gasteiger partial charge in [-0.3, -0.25) is 4.79 Å². The van der Waals surface area contributed by atoms with Gasteiger partial charge < -0.3 is 5.32 Å². The number of carbonyl (C=O) groups is 1. The smallest absolute Gasteiger partial charge is 0.251 e. The number of amides is 1. The Bertz CT molecular complexity index is 530. The Balaban J connectivity index is 1.98. The molecule has 0 aliphatic carbocycles. The second kappa shape index (κ2) is 6.84. The first-order valence-corrected chi connectivity index (χ1v) is 6.95. The summed E-state index contributed by atoms with van der Waals surface area (Å²) in [6.45, 7) is 4.82. The SMILES string of the molecule is CCC(CC)NC(=O)c1ccc(Cn2cncn2)cc1. The van der Waals surface area contributed by atoms with E-state index in [0.29, 0.717) is 12.1 Å². The normalized spacial score (nSPS) is 10.8. The minimum atomic E-state index is -0.00833. The molecule has 1 aromatic heterocycles. The van der Waals surface area contributed by atoms with Gasteiger partial charge in [0.2, 0.25) is 0 Å². The quantitative estimate of drug-likeness (QED) is 0.877. The molecule has 0 fully saturated rings. The highest BCUT2D eigenvalue weighted by Crippen LogP contribution is 2.07. The van der Waals surface area contributed by atoms with E-state index >= 15 is 0 Å². The Kier molecular flexibility index (Phi) is 4.87. The van der Waals surface area contributed by atoms with E-state index in [9.17, 15) is 4.79 Å². The third-order valence-electron chi connectivity index (χ3n) is 3.35. The fourth-order valence-corrected chi connectivity index (χ4v) is 2.02. The molecule has 1 aromatic carbocycles. The van der Waals surface area contributed by atoms with Crippen LogP contribution in [0.1, 0.15) is 42.6 Å². The van der Waals surface area contributed by atoms with Crippen molar-refractivity contribution in [2.45, 2.75) is 39.3 Å². The van der Waals surface area contributed by atoms with Gasteiger partial charge in [0.05, 0.1) is 6.54 Å². The molecule has 0 aliphatic heterocycles. The van der Waals surface area contributed by atoms with Crippen LogP contribution in [0.2, 0.25) is 0 Å². The van der Waals surface area contributed by atoms with Crippen molar-refractivity contribution in [3.63, 3.8) is 0 Å². The second-order valence-electron chi connectivity index (χ2n) is 4.78. The number of rotatable bonds is 6. The van der Waals surface area contributed by atoms with Crippen molar-refractivity contribution >= 4 is 5.91 Å². The van der Waals surface area contributed by atoms with Crippen LogP contribution < -0.4 is 5.32 Å². The summed E-state index contributed by atoms with van der Waals surface area (Å²) in [6.07, 6.45) is 5.09. The van der Waals surface area contributed by atoms with Crippen LogP contribution in [0.15, 0.2) is 36.9 Å². The maximum Gasteiger partial charge on any atom is 0.251 e. The van der Waals surface area contributed by atoms with Crippen molar-refractivity contribution in [2.75, 3.05) is 0 Å². The zero-order chi connectivity index (χ0) is 14.4. The van der Waals surface area contributed by atoms with E-state index in [-0.39, 0.29) is 11.9 Å². The Morgan fingerprint density at radius 3 is 2.50 bits per heavy atom. The highest BCUT2D eigenvalue weighted by molar-refractivity contribution is 5.94. The zero-order valence-corrected chi connectivity index (χ0v) is 11.9. The van der Waals surface area contributed by atoms with Crippen molar-refractivity contribution in [3.05, 3.63) is 48.0 Å². The number of nitrogens with one attached hydrogen (secondary N) is 1. The number of benzene rings is 1. The van der Waals surface area contributed by atoms with E-state index < -0.39 is 0 Å². The Morgan fingerprint density at radius 1 is 1.25 bits per heavy atom. The molecule has 2 aromatic rings. The van der Waals surface area contributed by atoms with Gasteiger partial charge in [-0.05, 0) is 30.5 Å². The molecule has 1 heterocycles. The summed E-state index contributed by atoms with van der Waals surface area (Å²) in [5.74, 6) is -0.00833. The van der Waals surface area contributed by atoms with Crippen molar-refractivity contribution in [1.82, 2.24) is 20.1 Å². The van der Waals surface area contributed by atoms with Gasteiger partial charge >= 0.3 is 0 Å². The molecule has 1 amide bonds. The van der Waals surface area contributed by atoms with Crippen LogP contribution in [0.5, 0.6) is 0 Å². The van der Waals surface area contributed by atoms with Gasteiger partial charge in [-0.25, -0.2) is 9.67 Å². The van der Waals surface area contributed by atoms with Crippen LogP contribution >= 0.6 is 0 Å². The lowest BCUT2D eigenvalue weighted by molar-refractivity contribution is 0.0935. The zero-order valence-electron chi connectivity index (χ0n) is 11.9. The van der Waals surface area contributed by atoms with E-state index in [1.165, 1.54) is 6.33 Å². The molecule has 0 spiro atoms. The number of aromatic nitrogens is 3. The fraction of sp³-hybridized carbons (Fsp3) is 0.400. The van der Waals surface area contributed by atoms with Crippen molar-refractivity contribution in [3.8, 4) is 0 Å². The number of hydrogen-bond acceptors (Lipinski definition) is 3. The number of hydrogen-bond donors (Lipinski definition) is 1. The maximum atomic E-state index is 12.1. The first kappa shape index (κ1) is 14.2. The van der Waals surface area contributed by atoms with Gasteiger partial charge in [0, 0.05) is 11.6 Å². The Labute approximate surface area is 119 Å². The molecular weight excluding hydrogens is 252 g/mol. The third-order valence-corrected chi connectivity index (χ3v) is 3.35. The molecule has 1 N–H and O–H groups in total. The van der Waals surface area contributed by atoms with Crippen molar-refractivity contribution in [2.24, 2.45) is 0 Å². The van der Waals surface area contributed by atoms with E-state index in [4.69, 9.17) is 0 Å². The molecule has 0 aliphatic rings. The van der Waals surface area contributed by atoms with Crippen molar-refractivity contribution in [1.29, 1.82) is 0 Å². The summed E-state index contributed by atoms with van der Waals surface area (Å²) < 4.78 is 1.75. The average molecular weight is 272 g/mol. The first-order valence-electron chi connectivity index (χ1n) is 6.95. The van der Waals surface area contributed by atoms with E-state index in [2.05, 4.69) is 29.2 Å². The van der Waals surface area contributed by atoms with Crippen LogP contribution in [0.25, 0.3) is 0 Å². The molecule has 0 saturated carbocycles. The predicted octanol–water partition coefficient (Wildman–Crippen LogP) is 2.24. The minimum absolute atomic E-state index is 0.00833. The Morgan fingerprint density at radius 2 is 1.95 bits per heavy atom. The van der Waals surface area contributed by atoms with Crippen LogP contribution in [0.4, 0.5) is 0 Å². The summed E-state index contributed by atoms with van der Waals surface area (Å²) in [6, 6.07) is 7.85. The average Bonchev–Trinajstić information content (AvgIpc) is 2.98. The molecule has 0 saturated heterocycles. The van der Waals surface area contributed by atoms with Gasteiger partial charge in [-0.2, -0.15) is 5.10 Å². The van der Waals surface area contributed by atoms with Gasteiger partial charge in [0.15, 0.2) is 0 Å². The van der Waals surface area contributed by atoms with Crippen LogP contribution in [0, 0.1) is 0 Å². The number of carbonyl (C=O) groups excluding carboxylic acids is 1. The molecule has 20 heavy (non-hydrogen) atoms. The standard InChI is InChI=1S/C15H20N4O/c1-3-14(4-2)18-15(20)13-7-5-12(6-8-13)9-19-11-16-10-17-19/h5-8,10-11,14H,3-4,9H2,1-2H3,(H,18,20). The first-order chi connectivity index (χ1) is 9.72. The van der Waals surface area contributed by atoms with E-state index in [1.54, 1.807) is 11.0 Å². The Hall–Kier alpha value is -2.17. The monoisotopic (exact) mass is 272 g/mol. The molecule has 0 atom stereocenters. The van der Waals surface area contributed by atoms with Gasteiger partial charge in [-0.15, -0.1) is 0 Å². The van der Waals surface area contributed by atoms with Crippen LogP contribution in [-0.4, -0.2) is 26.7 Å². The van der Waals surface area contributed by atoms with Gasteiger partial charge in [0.1, 0.15) is 12.7 Å². The van der Waals surface area contributed by atoms with E-state index in [1.807, 2.05) is 24.3 Å². The topological polar surface area (TPSA) is 59.8 Å². The van der Waals surface area contributed by atoms with Gasteiger partial charge in [0.25, 0.3) is 5.91 Å². The molecule has 5 heteroatoms. The second-order valence-corrected chi connectivity index (χ2v) is 4.78. The molecule has 0 unspecified atom stereocenters. The molecule has 5 nitrogen and oxygen atoms in total. The molecule has 0 radical (unpaired) electrons. The van der Waals surface area contributed by atoms with Crippen molar-refractivity contribution < 1.29 is 4.79 Å². The highest BCUT2D eigenvalue weighted by atomic mass is 16.1. The summed E-state index contributed by atoms with van der Waals surface area (Å²) in [7, 11) is 0. The lowest BCUT2D eigenvalue weighted by atomic mass is 10.1. The summed E-state index contributed by atoms with van der Waals surface area (Å²) in [5, 5.41) is 7.09. The largest absolute Gasteiger partial charge is 0.349 e. The molecule has 106 valence electrons. The van der Waals surface area contributed by atoms with Gasteiger partial charge in [-0.1, -0.05) is 26.0 Å². The third kappa shape index (κ3) is 3.66. The highest BCUT2D eigenvalue weighted by Gasteiger charge is 2.10. The lowest BCUT2D eigenvalue weighted by Gasteiger charge is -2.14. The van der Waals surface area contributed by atoms with Crippen LogP contribution in [-0.2, 0) is 6.54 Å². The summed E-state index contributed by atoms with van der Waals surface area (Å²) in [4.78, 5) is 16.0. The predicted molar refractivity (Wildman–Crippen MR) is 77.4 cm³/mol. The summed E-state index contributed by atoms with van der Waals surface area (Å²) in [5.41, 5.74) is 1.79. The maximum absolute atomic E-state index is 12.1. The van der Waals surface area contributed by atoms with Crippen LogP contribution in [0.3, 0.4) is 0 Å². The molecule has 0 bridgehead atoms. The minimum Gasteiger partial charge on any atom is -0.349 e. The summed E-state index contributed by atoms with van der Waals surface area (Å²) >= 11 is 0. The lowest BCUT2D eigenvalue weighted by Crippen LogP contribution is -2.33. The molecule has 2 rings (SSSR count). The molecular formula is C15H20N4O. The fourth-order valence-electron chi connectivity index (χ4n) is 2.02.